The minimum absolute atomic E-state index is 0.0734. The number of carbonyl (C=O) groups excluding carboxylic acids is 2. The molecule has 120 valence electrons. The lowest BCUT2D eigenvalue weighted by Crippen LogP contribution is -2.12. The van der Waals surface area contributed by atoms with Gasteiger partial charge in [0.1, 0.15) is 11.5 Å². The second kappa shape index (κ2) is 6.76. The van der Waals surface area contributed by atoms with E-state index in [-0.39, 0.29) is 16.8 Å². The molecule has 7 heteroatoms. The predicted molar refractivity (Wildman–Crippen MR) is 90.5 cm³/mol. The van der Waals surface area contributed by atoms with E-state index in [1.165, 1.54) is 30.6 Å². The van der Waals surface area contributed by atoms with Crippen molar-refractivity contribution in [2.24, 2.45) is 0 Å². The van der Waals surface area contributed by atoms with Crippen LogP contribution in [0.25, 0.3) is 0 Å². The molecule has 0 fully saturated rings. The van der Waals surface area contributed by atoms with Gasteiger partial charge in [0.05, 0.1) is 17.4 Å². The van der Waals surface area contributed by atoms with Crippen LogP contribution in [0, 0.1) is 5.82 Å². The highest BCUT2D eigenvalue weighted by molar-refractivity contribution is 9.10. The third-order valence-electron chi connectivity index (χ3n) is 3.30. The number of ketones is 1. The molecule has 2 aromatic heterocycles. The first kappa shape index (κ1) is 16.1. The Bertz CT molecular complexity index is 889. The van der Waals surface area contributed by atoms with E-state index < -0.39 is 17.5 Å². The number of hydrogen-bond donors (Lipinski definition) is 2. The minimum atomic E-state index is -0.628. The van der Waals surface area contributed by atoms with Crippen molar-refractivity contribution >= 4 is 33.3 Å². The fourth-order valence-corrected chi connectivity index (χ4v) is 2.67. The summed E-state index contributed by atoms with van der Waals surface area (Å²) in [6.45, 7) is 0. The average Bonchev–Trinajstić information content (AvgIpc) is 3.05. The van der Waals surface area contributed by atoms with Gasteiger partial charge in [-0.25, -0.2) is 4.39 Å². The Labute approximate surface area is 145 Å². The first-order valence-corrected chi connectivity index (χ1v) is 7.74. The summed E-state index contributed by atoms with van der Waals surface area (Å²) in [4.78, 5) is 31.2. The lowest BCUT2D eigenvalue weighted by atomic mass is 10.1. The van der Waals surface area contributed by atoms with Gasteiger partial charge in [0.15, 0.2) is 5.78 Å². The standard InChI is InChI=1S/C17H11BrFN3O2/c18-12-4-1-5-13(19)15(12)16(23)10-7-14(21-8-10)17(24)22-11-3-2-6-20-9-11/h1-9,21H,(H,22,24). The summed E-state index contributed by atoms with van der Waals surface area (Å²) in [5.74, 6) is -1.57. The monoisotopic (exact) mass is 387 g/mol. The SMILES string of the molecule is O=C(Nc1cccnc1)c1cc(C(=O)c2c(F)cccc2Br)c[nH]1. The topological polar surface area (TPSA) is 74.8 Å². The molecular weight excluding hydrogens is 377 g/mol. The number of nitrogens with one attached hydrogen (secondary N) is 2. The molecule has 0 radical (unpaired) electrons. The van der Waals surface area contributed by atoms with Gasteiger partial charge in [-0.05, 0) is 46.3 Å². The molecule has 1 aromatic carbocycles. The average molecular weight is 388 g/mol. The molecule has 0 aliphatic rings. The molecule has 24 heavy (non-hydrogen) atoms. The molecule has 3 aromatic rings. The van der Waals surface area contributed by atoms with Gasteiger partial charge in [-0.1, -0.05) is 6.07 Å². The fraction of sp³-hybridized carbons (Fsp3) is 0. The zero-order chi connectivity index (χ0) is 17.1. The van der Waals surface area contributed by atoms with E-state index in [1.54, 1.807) is 24.4 Å². The number of nitrogens with zero attached hydrogens (tertiary/aromatic N) is 1. The number of rotatable bonds is 4. The van der Waals surface area contributed by atoms with Crippen molar-refractivity contribution in [2.45, 2.75) is 0 Å². The summed E-state index contributed by atoms with van der Waals surface area (Å²) < 4.78 is 14.2. The number of H-pyrrole nitrogens is 1. The van der Waals surface area contributed by atoms with Crippen molar-refractivity contribution in [3.63, 3.8) is 0 Å². The van der Waals surface area contributed by atoms with Crippen molar-refractivity contribution in [1.82, 2.24) is 9.97 Å². The lowest BCUT2D eigenvalue weighted by molar-refractivity contribution is 0.102. The second-order valence-electron chi connectivity index (χ2n) is 4.92. The first-order chi connectivity index (χ1) is 11.6. The maximum atomic E-state index is 13.9. The predicted octanol–water partition coefficient (Wildman–Crippen LogP) is 3.79. The molecule has 3 rings (SSSR count). The Morgan fingerprint density at radius 1 is 1.21 bits per heavy atom. The number of anilines is 1. The van der Waals surface area contributed by atoms with Gasteiger partial charge in [0.25, 0.3) is 5.91 Å². The lowest BCUT2D eigenvalue weighted by Gasteiger charge is -2.03. The van der Waals surface area contributed by atoms with Gasteiger partial charge < -0.3 is 10.3 Å². The summed E-state index contributed by atoms with van der Waals surface area (Å²) in [5, 5.41) is 2.65. The van der Waals surface area contributed by atoms with E-state index in [1.807, 2.05) is 0 Å². The molecular formula is C17H11BrFN3O2. The highest BCUT2D eigenvalue weighted by atomic mass is 79.9. The van der Waals surface area contributed by atoms with Gasteiger partial charge >= 0.3 is 0 Å². The van der Waals surface area contributed by atoms with Crippen LogP contribution < -0.4 is 5.32 Å². The van der Waals surface area contributed by atoms with Crippen LogP contribution in [0.3, 0.4) is 0 Å². The summed E-state index contributed by atoms with van der Waals surface area (Å²) in [6, 6.07) is 9.05. The Hall–Kier alpha value is -2.80. The Kier molecular flexibility index (Phi) is 4.52. The number of pyridine rings is 1. The number of amides is 1. The van der Waals surface area contributed by atoms with Crippen LogP contribution in [0.5, 0.6) is 0 Å². The Morgan fingerprint density at radius 2 is 2.04 bits per heavy atom. The first-order valence-electron chi connectivity index (χ1n) is 6.95. The van der Waals surface area contributed by atoms with Crippen LogP contribution >= 0.6 is 15.9 Å². The van der Waals surface area contributed by atoms with Gasteiger partial charge in [0.2, 0.25) is 0 Å². The van der Waals surface area contributed by atoms with E-state index in [0.717, 1.165) is 0 Å². The normalized spacial score (nSPS) is 10.4. The van der Waals surface area contributed by atoms with Crippen molar-refractivity contribution < 1.29 is 14.0 Å². The Morgan fingerprint density at radius 3 is 2.75 bits per heavy atom. The van der Waals surface area contributed by atoms with Crippen molar-refractivity contribution in [3.05, 3.63) is 82.1 Å². The van der Waals surface area contributed by atoms with Gasteiger partial charge in [0, 0.05) is 22.4 Å². The summed E-state index contributed by atoms with van der Waals surface area (Å²) >= 11 is 3.17. The molecule has 0 unspecified atom stereocenters. The molecule has 0 atom stereocenters. The van der Waals surface area contributed by atoms with Gasteiger partial charge in [-0.2, -0.15) is 0 Å². The van der Waals surface area contributed by atoms with Crippen LogP contribution in [0.4, 0.5) is 10.1 Å². The molecule has 0 aliphatic carbocycles. The highest BCUT2D eigenvalue weighted by Crippen LogP contribution is 2.23. The molecule has 5 nitrogen and oxygen atoms in total. The van der Waals surface area contributed by atoms with Crippen LogP contribution in [0.1, 0.15) is 26.4 Å². The second-order valence-corrected chi connectivity index (χ2v) is 5.78. The smallest absolute Gasteiger partial charge is 0.272 e. The quantitative estimate of drug-likeness (QED) is 0.668. The minimum Gasteiger partial charge on any atom is -0.356 e. The number of aromatic amines is 1. The van der Waals surface area contributed by atoms with E-state index in [2.05, 4.69) is 31.2 Å². The maximum absolute atomic E-state index is 13.9. The zero-order valence-corrected chi connectivity index (χ0v) is 13.8. The third kappa shape index (κ3) is 3.26. The molecule has 0 aliphatic heterocycles. The fourth-order valence-electron chi connectivity index (χ4n) is 2.15. The van der Waals surface area contributed by atoms with Gasteiger partial charge in [-0.15, -0.1) is 0 Å². The third-order valence-corrected chi connectivity index (χ3v) is 3.96. The molecule has 0 bridgehead atoms. The Balaban J connectivity index is 1.83. The molecule has 1 amide bonds. The van der Waals surface area contributed by atoms with E-state index in [4.69, 9.17) is 0 Å². The number of aromatic nitrogens is 2. The maximum Gasteiger partial charge on any atom is 0.272 e. The number of halogens is 2. The van der Waals surface area contributed by atoms with Crippen molar-refractivity contribution in [2.75, 3.05) is 5.32 Å². The number of benzene rings is 1. The van der Waals surface area contributed by atoms with Crippen molar-refractivity contribution in [1.29, 1.82) is 0 Å². The molecule has 0 saturated carbocycles. The molecule has 2 heterocycles. The van der Waals surface area contributed by atoms with Crippen LogP contribution in [-0.4, -0.2) is 21.7 Å². The largest absolute Gasteiger partial charge is 0.356 e. The summed E-state index contributed by atoms with van der Waals surface area (Å²) in [7, 11) is 0. The molecule has 0 saturated heterocycles. The van der Waals surface area contributed by atoms with Crippen LogP contribution in [0.15, 0.2) is 59.5 Å². The number of carbonyl (C=O) groups is 2. The number of hydrogen-bond acceptors (Lipinski definition) is 3. The molecule has 2 N–H and O–H groups in total. The summed E-state index contributed by atoms with van der Waals surface area (Å²) in [6.07, 6.45) is 4.47. The van der Waals surface area contributed by atoms with E-state index in [9.17, 15) is 14.0 Å². The van der Waals surface area contributed by atoms with Crippen LogP contribution in [0.2, 0.25) is 0 Å². The van der Waals surface area contributed by atoms with E-state index in [0.29, 0.717) is 10.2 Å². The van der Waals surface area contributed by atoms with Crippen molar-refractivity contribution in [3.8, 4) is 0 Å². The zero-order valence-electron chi connectivity index (χ0n) is 12.2. The van der Waals surface area contributed by atoms with Crippen LogP contribution in [-0.2, 0) is 0 Å². The molecule has 0 spiro atoms. The van der Waals surface area contributed by atoms with E-state index >= 15 is 0 Å². The van der Waals surface area contributed by atoms with Gasteiger partial charge in [-0.3, -0.25) is 14.6 Å². The highest BCUT2D eigenvalue weighted by Gasteiger charge is 2.20. The summed E-state index contributed by atoms with van der Waals surface area (Å²) in [5.41, 5.74) is 0.837.